The van der Waals surface area contributed by atoms with Gasteiger partial charge in [-0.25, -0.2) is 0 Å². The molecule has 62 heavy (non-hydrogen) atoms. The van der Waals surface area contributed by atoms with Gasteiger partial charge in [-0.05, 0) is 31.1 Å². The Morgan fingerprint density at radius 3 is 0.919 bits per heavy atom. The maximum atomic E-state index is 12.8. The summed E-state index contributed by atoms with van der Waals surface area (Å²) in [7, 11) is 0. The van der Waals surface area contributed by atoms with Crippen LogP contribution in [0.25, 0.3) is 0 Å². The molecule has 6 nitrogen and oxygen atoms in total. The molecule has 0 saturated heterocycles. The quantitative estimate of drug-likeness (QED) is 0.0344. The average molecular weight is 877 g/mol. The molecular weight excluding hydrogens is 769 g/mol. The fraction of sp³-hybridized carbons (Fsp3) is 0.946. The van der Waals surface area contributed by atoms with Gasteiger partial charge in [0.05, 0.1) is 0 Å². The smallest absolute Gasteiger partial charge is 0.306 e. The zero-order chi connectivity index (χ0) is 45.4. The fourth-order valence-corrected chi connectivity index (χ4v) is 8.49. The van der Waals surface area contributed by atoms with Crippen molar-refractivity contribution >= 4 is 17.9 Å². The largest absolute Gasteiger partial charge is 0.462 e. The second-order valence-electron chi connectivity index (χ2n) is 19.9. The molecule has 2 atom stereocenters. The van der Waals surface area contributed by atoms with Crippen molar-refractivity contribution in [3.8, 4) is 0 Å². The van der Waals surface area contributed by atoms with Crippen molar-refractivity contribution in [2.24, 2.45) is 11.8 Å². The summed E-state index contributed by atoms with van der Waals surface area (Å²) in [4.78, 5) is 38.0. The van der Waals surface area contributed by atoms with Crippen LogP contribution in [0.15, 0.2) is 0 Å². The van der Waals surface area contributed by atoms with Gasteiger partial charge in [-0.15, -0.1) is 0 Å². The van der Waals surface area contributed by atoms with E-state index in [0.717, 1.165) is 69.6 Å². The summed E-state index contributed by atoms with van der Waals surface area (Å²) in [5.41, 5.74) is 0. The Hall–Kier alpha value is -1.59. The number of carbonyl (C=O) groups is 3. The van der Waals surface area contributed by atoms with Crippen molar-refractivity contribution in [3.63, 3.8) is 0 Å². The summed E-state index contributed by atoms with van der Waals surface area (Å²) >= 11 is 0. The lowest BCUT2D eigenvalue weighted by molar-refractivity contribution is -0.167. The molecule has 0 aliphatic heterocycles. The SMILES string of the molecule is CCCCCCCCCCCCC(=O)OC[C@H](COC(=O)CCCCCCCCCCCC(C)C)OC(=O)CCCCCCCCCCCCCCCCCCCCC(C)CC. The minimum Gasteiger partial charge on any atom is -0.462 e. The van der Waals surface area contributed by atoms with Crippen LogP contribution in [0, 0.1) is 11.8 Å². The van der Waals surface area contributed by atoms with E-state index in [9.17, 15) is 14.4 Å². The van der Waals surface area contributed by atoms with Gasteiger partial charge in [-0.3, -0.25) is 14.4 Å². The minimum atomic E-state index is -0.761. The fourth-order valence-electron chi connectivity index (χ4n) is 8.49. The third-order valence-corrected chi connectivity index (χ3v) is 13.1. The minimum absolute atomic E-state index is 0.0636. The molecule has 368 valence electrons. The summed E-state index contributed by atoms with van der Waals surface area (Å²) < 4.78 is 16.8. The number of unbranched alkanes of at least 4 members (excludes halogenated alkanes) is 34. The normalized spacial score (nSPS) is 12.5. The highest BCUT2D eigenvalue weighted by Gasteiger charge is 2.19. The molecule has 0 fully saturated rings. The number of ether oxygens (including phenoxy) is 3. The van der Waals surface area contributed by atoms with E-state index < -0.39 is 6.10 Å². The van der Waals surface area contributed by atoms with Crippen molar-refractivity contribution in [3.05, 3.63) is 0 Å². The van der Waals surface area contributed by atoms with Gasteiger partial charge in [0.1, 0.15) is 13.2 Å². The molecule has 0 N–H and O–H groups in total. The lowest BCUT2D eigenvalue weighted by Gasteiger charge is -2.18. The Morgan fingerprint density at radius 1 is 0.339 bits per heavy atom. The van der Waals surface area contributed by atoms with Crippen molar-refractivity contribution in [2.75, 3.05) is 13.2 Å². The van der Waals surface area contributed by atoms with Crippen LogP contribution in [0.1, 0.15) is 311 Å². The van der Waals surface area contributed by atoms with Crippen molar-refractivity contribution in [2.45, 2.75) is 317 Å². The van der Waals surface area contributed by atoms with Gasteiger partial charge >= 0.3 is 17.9 Å². The summed E-state index contributed by atoms with van der Waals surface area (Å²) in [5, 5.41) is 0. The monoisotopic (exact) mass is 877 g/mol. The standard InChI is InChI=1S/C56H108O6/c1-6-8-9-10-11-12-26-31-36-41-46-54(57)60-49-53(50-61-55(58)47-42-37-32-28-23-24-29-34-39-44-51(3)4)62-56(59)48-43-38-33-27-22-20-18-16-14-13-15-17-19-21-25-30-35-40-45-52(5)7-2/h51-53H,6-50H2,1-5H3/t52?,53-/m1/s1. The van der Waals surface area contributed by atoms with Crippen molar-refractivity contribution in [1.82, 2.24) is 0 Å². The summed E-state index contributed by atoms with van der Waals surface area (Å²) in [6.45, 7) is 11.4. The van der Waals surface area contributed by atoms with Crippen LogP contribution in [-0.2, 0) is 28.6 Å². The van der Waals surface area contributed by atoms with E-state index in [-0.39, 0.29) is 31.1 Å². The topological polar surface area (TPSA) is 78.9 Å². The molecular formula is C56H108O6. The van der Waals surface area contributed by atoms with Crippen LogP contribution < -0.4 is 0 Å². The Morgan fingerprint density at radius 2 is 0.613 bits per heavy atom. The molecule has 0 bridgehead atoms. The van der Waals surface area contributed by atoms with Gasteiger partial charge in [0, 0.05) is 19.3 Å². The molecule has 0 spiro atoms. The molecule has 0 amide bonds. The molecule has 0 aliphatic carbocycles. The molecule has 0 heterocycles. The predicted molar refractivity (Wildman–Crippen MR) is 266 cm³/mol. The van der Waals surface area contributed by atoms with Crippen molar-refractivity contribution in [1.29, 1.82) is 0 Å². The van der Waals surface area contributed by atoms with Crippen LogP contribution in [0.3, 0.4) is 0 Å². The van der Waals surface area contributed by atoms with Gasteiger partial charge in [0.15, 0.2) is 6.10 Å². The Kier molecular flexibility index (Phi) is 47.6. The van der Waals surface area contributed by atoms with Gasteiger partial charge in [0.2, 0.25) is 0 Å². The first-order valence-corrected chi connectivity index (χ1v) is 27.8. The Balaban J connectivity index is 4.20. The molecule has 6 heteroatoms. The molecule has 0 radical (unpaired) electrons. The highest BCUT2D eigenvalue weighted by Crippen LogP contribution is 2.18. The van der Waals surface area contributed by atoms with Gasteiger partial charge in [0.25, 0.3) is 0 Å². The van der Waals surface area contributed by atoms with E-state index in [1.807, 2.05) is 0 Å². The molecule has 1 unspecified atom stereocenters. The first kappa shape index (κ1) is 60.4. The summed E-state index contributed by atoms with van der Waals surface area (Å²) in [5.74, 6) is 0.871. The van der Waals surface area contributed by atoms with Crippen LogP contribution in [0.5, 0.6) is 0 Å². The van der Waals surface area contributed by atoms with E-state index in [2.05, 4.69) is 34.6 Å². The highest BCUT2D eigenvalue weighted by atomic mass is 16.6. The molecule has 0 aromatic heterocycles. The Labute approximate surface area is 387 Å². The molecule has 0 aliphatic rings. The van der Waals surface area contributed by atoms with Crippen molar-refractivity contribution < 1.29 is 28.6 Å². The molecule has 0 aromatic carbocycles. The van der Waals surface area contributed by atoms with Gasteiger partial charge < -0.3 is 14.2 Å². The van der Waals surface area contributed by atoms with E-state index in [4.69, 9.17) is 14.2 Å². The van der Waals surface area contributed by atoms with Crippen LogP contribution in [0.4, 0.5) is 0 Å². The average Bonchev–Trinajstić information content (AvgIpc) is 3.26. The molecule has 0 rings (SSSR count). The second-order valence-corrected chi connectivity index (χ2v) is 19.9. The van der Waals surface area contributed by atoms with E-state index in [0.29, 0.717) is 19.3 Å². The zero-order valence-electron chi connectivity index (χ0n) is 42.5. The highest BCUT2D eigenvalue weighted by molar-refractivity contribution is 5.71. The lowest BCUT2D eigenvalue weighted by Crippen LogP contribution is -2.30. The zero-order valence-corrected chi connectivity index (χ0v) is 42.5. The number of hydrogen-bond donors (Lipinski definition) is 0. The third-order valence-electron chi connectivity index (χ3n) is 13.1. The number of esters is 3. The van der Waals surface area contributed by atoms with Gasteiger partial charge in [-0.1, -0.05) is 272 Å². The summed E-state index contributed by atoms with van der Waals surface area (Å²) in [6, 6.07) is 0. The number of carbonyl (C=O) groups excluding carboxylic acids is 3. The number of rotatable bonds is 50. The van der Waals surface area contributed by atoms with Crippen LogP contribution in [-0.4, -0.2) is 37.2 Å². The Bertz CT molecular complexity index is 949. The molecule has 0 saturated carbocycles. The lowest BCUT2D eigenvalue weighted by atomic mass is 9.99. The first-order chi connectivity index (χ1) is 30.3. The second kappa shape index (κ2) is 48.9. The van der Waals surface area contributed by atoms with Gasteiger partial charge in [-0.2, -0.15) is 0 Å². The van der Waals surface area contributed by atoms with E-state index in [1.165, 1.54) is 199 Å². The van der Waals surface area contributed by atoms with E-state index >= 15 is 0 Å². The number of hydrogen-bond acceptors (Lipinski definition) is 6. The predicted octanol–water partition coefficient (Wildman–Crippen LogP) is 18.1. The molecule has 0 aromatic rings. The van der Waals surface area contributed by atoms with Crippen LogP contribution >= 0.6 is 0 Å². The maximum Gasteiger partial charge on any atom is 0.306 e. The van der Waals surface area contributed by atoms with E-state index in [1.54, 1.807) is 0 Å². The van der Waals surface area contributed by atoms with Crippen LogP contribution in [0.2, 0.25) is 0 Å². The third kappa shape index (κ3) is 47.9. The summed E-state index contributed by atoms with van der Waals surface area (Å²) in [6.07, 6.45) is 51.0. The first-order valence-electron chi connectivity index (χ1n) is 27.8. The maximum absolute atomic E-state index is 12.8.